The molecule has 2 rings (SSSR count). The number of halogens is 3. The van der Waals surface area contributed by atoms with Gasteiger partial charge in [-0.15, -0.1) is 11.3 Å². The summed E-state index contributed by atoms with van der Waals surface area (Å²) < 4.78 is 37.1. The van der Waals surface area contributed by atoms with E-state index < -0.39 is 17.3 Å². The van der Waals surface area contributed by atoms with Gasteiger partial charge in [-0.05, 0) is 17.7 Å². The van der Waals surface area contributed by atoms with Crippen LogP contribution in [0.4, 0.5) is 18.9 Å². The predicted octanol–water partition coefficient (Wildman–Crippen LogP) is 2.83. The van der Waals surface area contributed by atoms with Crippen LogP contribution >= 0.6 is 11.3 Å². The molecule has 1 aromatic heterocycles. The van der Waals surface area contributed by atoms with Gasteiger partial charge in [0, 0.05) is 11.9 Å². The first kappa shape index (κ1) is 12.8. The van der Waals surface area contributed by atoms with E-state index in [1.54, 1.807) is 18.2 Å². The minimum absolute atomic E-state index is 0.132. The summed E-state index contributed by atoms with van der Waals surface area (Å²) in [6.45, 7) is 0. The van der Waals surface area contributed by atoms with Gasteiger partial charge in [0.25, 0.3) is 0 Å². The lowest BCUT2D eigenvalue weighted by Gasteiger charge is -2.08. The first-order valence-corrected chi connectivity index (χ1v) is 5.76. The molecule has 0 aliphatic carbocycles. The van der Waals surface area contributed by atoms with Gasteiger partial charge in [-0.2, -0.15) is 13.2 Å². The van der Waals surface area contributed by atoms with Crippen molar-refractivity contribution in [2.75, 3.05) is 5.73 Å². The lowest BCUT2D eigenvalue weighted by Crippen LogP contribution is -2.03. The normalized spacial score (nSPS) is 13.6. The lowest BCUT2D eigenvalue weighted by molar-refractivity contribution is -0.137. The van der Waals surface area contributed by atoms with E-state index in [-0.39, 0.29) is 4.88 Å². The number of nitrogens with zero attached hydrogens (tertiary/aromatic N) is 1. The van der Waals surface area contributed by atoms with Gasteiger partial charge < -0.3 is 10.8 Å². The quantitative estimate of drug-likeness (QED) is 0.828. The van der Waals surface area contributed by atoms with Crippen molar-refractivity contribution in [1.29, 1.82) is 0 Å². The van der Waals surface area contributed by atoms with Gasteiger partial charge in [0.05, 0.1) is 4.88 Å². The van der Waals surface area contributed by atoms with Crippen molar-refractivity contribution in [3.63, 3.8) is 0 Å². The molecule has 1 aromatic carbocycles. The Morgan fingerprint density at radius 1 is 1.33 bits per heavy atom. The number of hydrogen-bond donors (Lipinski definition) is 2. The molecule has 0 saturated carbocycles. The monoisotopic (exact) mass is 274 g/mol. The zero-order valence-electron chi connectivity index (χ0n) is 8.98. The molecule has 0 amide bonds. The first-order valence-electron chi connectivity index (χ1n) is 4.94. The molecule has 96 valence electrons. The van der Waals surface area contributed by atoms with Crippen molar-refractivity contribution >= 4 is 17.0 Å². The zero-order chi connectivity index (χ0) is 13.3. The number of thiazole rings is 1. The molecule has 7 heteroatoms. The third-order valence-corrected chi connectivity index (χ3v) is 3.36. The summed E-state index contributed by atoms with van der Waals surface area (Å²) in [5.41, 5.74) is 6.42. The highest BCUT2D eigenvalue weighted by Crippen LogP contribution is 2.36. The number of aromatic nitrogens is 1. The van der Waals surface area contributed by atoms with Gasteiger partial charge in [0.2, 0.25) is 0 Å². The molecule has 0 bridgehead atoms. The minimum Gasteiger partial charge on any atom is -0.399 e. The topological polar surface area (TPSA) is 59.1 Å². The number of anilines is 1. The van der Waals surface area contributed by atoms with Crippen LogP contribution < -0.4 is 5.73 Å². The molecule has 1 unspecified atom stereocenters. The number of benzene rings is 1. The largest absolute Gasteiger partial charge is 0.443 e. The second-order valence-electron chi connectivity index (χ2n) is 3.64. The van der Waals surface area contributed by atoms with E-state index in [4.69, 9.17) is 5.73 Å². The SMILES string of the molecule is Nc1cccc(C(O)c2cnc(C(F)(F)F)s2)c1. The molecule has 3 N–H and O–H groups in total. The standard InChI is InChI=1S/C11H9F3N2OS/c12-11(13,14)10-16-5-8(18-10)9(17)6-2-1-3-7(15)4-6/h1-5,9,17H,15H2. The van der Waals surface area contributed by atoms with Gasteiger partial charge >= 0.3 is 6.18 Å². The molecule has 2 aromatic rings. The number of nitrogen functional groups attached to an aromatic ring is 1. The number of aliphatic hydroxyl groups is 1. The molecule has 0 aliphatic heterocycles. The summed E-state index contributed by atoms with van der Waals surface area (Å²) in [4.78, 5) is 3.39. The van der Waals surface area contributed by atoms with E-state index in [9.17, 15) is 18.3 Å². The number of hydrogen-bond acceptors (Lipinski definition) is 4. The van der Waals surface area contributed by atoms with Crippen LogP contribution in [0.3, 0.4) is 0 Å². The van der Waals surface area contributed by atoms with E-state index >= 15 is 0 Å². The maximum Gasteiger partial charge on any atom is 0.443 e. The van der Waals surface area contributed by atoms with Crippen molar-refractivity contribution in [1.82, 2.24) is 4.98 Å². The van der Waals surface area contributed by atoms with E-state index in [0.717, 1.165) is 6.20 Å². The minimum atomic E-state index is -4.49. The van der Waals surface area contributed by atoms with Crippen LogP contribution in [0.5, 0.6) is 0 Å². The summed E-state index contributed by atoms with van der Waals surface area (Å²) in [7, 11) is 0. The number of alkyl halides is 3. The van der Waals surface area contributed by atoms with Gasteiger partial charge in [-0.1, -0.05) is 12.1 Å². The Kier molecular flexibility index (Phi) is 3.27. The Balaban J connectivity index is 2.29. The maximum absolute atomic E-state index is 12.4. The second kappa shape index (κ2) is 4.58. The van der Waals surface area contributed by atoms with Crippen molar-refractivity contribution < 1.29 is 18.3 Å². The fourth-order valence-corrected chi connectivity index (χ4v) is 2.23. The summed E-state index contributed by atoms with van der Waals surface area (Å²) in [6.07, 6.45) is -4.61. The molecular formula is C11H9F3N2OS. The van der Waals surface area contributed by atoms with Gasteiger partial charge in [-0.25, -0.2) is 4.98 Å². The lowest BCUT2D eigenvalue weighted by atomic mass is 10.1. The molecule has 0 spiro atoms. The molecule has 0 aliphatic rings. The summed E-state index contributed by atoms with van der Waals surface area (Å²) in [5.74, 6) is 0. The number of rotatable bonds is 2. The summed E-state index contributed by atoms with van der Waals surface area (Å²) >= 11 is 0.422. The van der Waals surface area contributed by atoms with Crippen LogP contribution in [0, 0.1) is 0 Å². The smallest absolute Gasteiger partial charge is 0.399 e. The van der Waals surface area contributed by atoms with E-state index in [1.165, 1.54) is 6.07 Å². The van der Waals surface area contributed by atoms with Gasteiger partial charge in [0.15, 0.2) is 5.01 Å². The van der Waals surface area contributed by atoms with Crippen LogP contribution in [0.25, 0.3) is 0 Å². The average molecular weight is 274 g/mol. The molecule has 0 radical (unpaired) electrons. The van der Waals surface area contributed by atoms with Crippen molar-refractivity contribution in [3.8, 4) is 0 Å². The van der Waals surface area contributed by atoms with Crippen molar-refractivity contribution in [3.05, 3.63) is 45.9 Å². The third-order valence-electron chi connectivity index (χ3n) is 2.26. The van der Waals surface area contributed by atoms with E-state index in [1.807, 2.05) is 0 Å². The van der Waals surface area contributed by atoms with E-state index in [2.05, 4.69) is 4.98 Å². The molecule has 0 saturated heterocycles. The highest BCUT2D eigenvalue weighted by atomic mass is 32.1. The highest BCUT2D eigenvalue weighted by Gasteiger charge is 2.35. The first-order chi connectivity index (χ1) is 8.38. The Labute approximate surface area is 105 Å². The van der Waals surface area contributed by atoms with Crippen molar-refractivity contribution in [2.24, 2.45) is 0 Å². The van der Waals surface area contributed by atoms with Gasteiger partial charge in [0.1, 0.15) is 6.10 Å². The van der Waals surface area contributed by atoms with Gasteiger partial charge in [-0.3, -0.25) is 0 Å². The van der Waals surface area contributed by atoms with Crippen LogP contribution in [-0.2, 0) is 6.18 Å². The number of aliphatic hydroxyl groups excluding tert-OH is 1. The summed E-state index contributed by atoms with van der Waals surface area (Å²) in [5, 5.41) is 8.97. The molecular weight excluding hydrogens is 265 g/mol. The van der Waals surface area contributed by atoms with Crippen molar-refractivity contribution in [2.45, 2.75) is 12.3 Å². The Morgan fingerprint density at radius 3 is 2.61 bits per heavy atom. The molecule has 1 heterocycles. The summed E-state index contributed by atoms with van der Waals surface area (Å²) in [6, 6.07) is 6.36. The third kappa shape index (κ3) is 2.62. The van der Waals surface area contributed by atoms with Crippen LogP contribution in [0.1, 0.15) is 21.6 Å². The predicted molar refractivity (Wildman–Crippen MR) is 62.0 cm³/mol. The fraction of sp³-hybridized carbons (Fsp3) is 0.182. The molecule has 3 nitrogen and oxygen atoms in total. The van der Waals surface area contributed by atoms with E-state index in [0.29, 0.717) is 22.6 Å². The Morgan fingerprint density at radius 2 is 2.06 bits per heavy atom. The molecule has 18 heavy (non-hydrogen) atoms. The average Bonchev–Trinajstić information content (AvgIpc) is 2.77. The van der Waals surface area contributed by atoms with Crippen LogP contribution in [0.2, 0.25) is 0 Å². The van der Waals surface area contributed by atoms with Crippen LogP contribution in [0.15, 0.2) is 30.5 Å². The highest BCUT2D eigenvalue weighted by molar-refractivity contribution is 7.11. The second-order valence-corrected chi connectivity index (χ2v) is 4.70. The Hall–Kier alpha value is -1.60. The maximum atomic E-state index is 12.4. The molecule has 1 atom stereocenters. The zero-order valence-corrected chi connectivity index (χ0v) is 9.79. The Bertz CT molecular complexity index is 553. The fourth-order valence-electron chi connectivity index (χ4n) is 1.44. The van der Waals surface area contributed by atoms with Crippen LogP contribution in [-0.4, -0.2) is 10.1 Å². The number of nitrogens with two attached hydrogens (primary N) is 1. The molecule has 0 fully saturated rings.